The first-order valence-electron chi connectivity index (χ1n) is 14.0. The molecule has 1 heterocycles. The summed E-state index contributed by atoms with van der Waals surface area (Å²) in [5, 5.41) is 6.32. The number of benzene rings is 4. The Kier molecular flexibility index (Phi) is 9.14. The second-order valence-electron chi connectivity index (χ2n) is 10.4. The Hall–Kier alpha value is -4.20. The number of hydrogen-bond acceptors (Lipinski definition) is 6. The molecule has 1 aromatic heterocycles. The number of thioether (sulfide) groups is 1. The van der Waals surface area contributed by atoms with Gasteiger partial charge < -0.3 is 9.40 Å². The summed E-state index contributed by atoms with van der Waals surface area (Å²) < 4.78 is 2.17. The van der Waals surface area contributed by atoms with Crippen LogP contribution in [0.25, 0.3) is 21.8 Å². The quantitative estimate of drug-likeness (QED) is 0.0520. The van der Waals surface area contributed by atoms with Gasteiger partial charge in [-0.15, -0.1) is 11.8 Å². The van der Waals surface area contributed by atoms with Crippen LogP contribution in [0.1, 0.15) is 59.0 Å². The number of Topliss-reactive ketones (excluding diaryl/α,β-unsaturated/α-hetero) is 1. The van der Waals surface area contributed by atoms with Crippen molar-refractivity contribution in [1.82, 2.24) is 4.57 Å². The van der Waals surface area contributed by atoms with Crippen LogP contribution in [0, 0.1) is 6.92 Å². The van der Waals surface area contributed by atoms with E-state index in [9.17, 15) is 14.4 Å². The van der Waals surface area contributed by atoms with Crippen molar-refractivity contribution < 1.29 is 19.2 Å². The summed E-state index contributed by atoms with van der Waals surface area (Å²) in [5.74, 6) is -0.973. The number of hydrogen-bond donors (Lipinski definition) is 0. The minimum atomic E-state index is -0.601. The van der Waals surface area contributed by atoms with Gasteiger partial charge in [0, 0.05) is 73.6 Å². The SMILES string of the molecule is CCn1c2ccc(C(=O)/C(CC(C)Sc3ccc(Cl)cc3)=N/OC(C)=O)cc2c2cc(C(=O)c3ccccc3C)ccc21. The molecule has 0 bridgehead atoms. The predicted octanol–water partition coefficient (Wildman–Crippen LogP) is 8.68. The van der Waals surface area contributed by atoms with Gasteiger partial charge in [-0.25, -0.2) is 4.79 Å². The molecule has 0 aliphatic carbocycles. The first-order chi connectivity index (χ1) is 20.7. The molecule has 0 amide bonds. The monoisotopic (exact) mass is 610 g/mol. The van der Waals surface area contributed by atoms with E-state index >= 15 is 0 Å². The third-order valence-electron chi connectivity index (χ3n) is 7.27. The molecule has 0 fully saturated rings. The van der Waals surface area contributed by atoms with Crippen LogP contribution in [0.5, 0.6) is 0 Å². The first-order valence-corrected chi connectivity index (χ1v) is 15.3. The molecule has 0 N–H and O–H groups in total. The fraction of sp³-hybridized carbons (Fsp3) is 0.200. The predicted molar refractivity (Wildman–Crippen MR) is 175 cm³/mol. The maximum atomic E-state index is 13.8. The molecule has 6 nitrogen and oxygen atoms in total. The Labute approximate surface area is 259 Å². The second kappa shape index (κ2) is 13.0. The Balaban J connectivity index is 1.52. The van der Waals surface area contributed by atoms with Gasteiger partial charge in [-0.3, -0.25) is 9.59 Å². The van der Waals surface area contributed by atoms with E-state index in [1.165, 1.54) is 6.92 Å². The van der Waals surface area contributed by atoms with Crippen LogP contribution >= 0.6 is 23.4 Å². The lowest BCUT2D eigenvalue weighted by molar-refractivity contribution is -0.140. The summed E-state index contributed by atoms with van der Waals surface area (Å²) >= 11 is 7.59. The highest BCUT2D eigenvalue weighted by Gasteiger charge is 2.22. The molecule has 218 valence electrons. The molecule has 0 radical (unpaired) electrons. The second-order valence-corrected chi connectivity index (χ2v) is 12.3. The number of nitrogens with zero attached hydrogens (tertiary/aromatic N) is 2. The molecule has 0 saturated heterocycles. The number of ketones is 2. The summed E-state index contributed by atoms with van der Waals surface area (Å²) in [6, 6.07) is 26.3. The average Bonchev–Trinajstić information content (AvgIpc) is 3.32. The maximum Gasteiger partial charge on any atom is 0.331 e. The Bertz CT molecular complexity index is 1890. The van der Waals surface area contributed by atoms with Crippen LogP contribution in [-0.4, -0.2) is 33.1 Å². The number of aryl methyl sites for hydroxylation is 2. The zero-order valence-corrected chi connectivity index (χ0v) is 26.0. The summed E-state index contributed by atoms with van der Waals surface area (Å²) in [5.41, 5.74) is 4.67. The number of carbonyl (C=O) groups is 3. The molecule has 0 saturated carbocycles. The van der Waals surface area contributed by atoms with Gasteiger partial charge in [0.2, 0.25) is 5.78 Å². The van der Waals surface area contributed by atoms with Crippen LogP contribution in [0.3, 0.4) is 0 Å². The van der Waals surface area contributed by atoms with Crippen LogP contribution in [0.4, 0.5) is 0 Å². The Morgan fingerprint density at radius 1 is 0.907 bits per heavy atom. The largest absolute Gasteiger partial charge is 0.341 e. The summed E-state index contributed by atoms with van der Waals surface area (Å²) in [6.45, 7) is 7.95. The van der Waals surface area contributed by atoms with Crippen molar-refractivity contribution in [3.05, 3.63) is 112 Å². The Morgan fingerprint density at radius 3 is 2.16 bits per heavy atom. The molecular weight excluding hydrogens is 580 g/mol. The van der Waals surface area contributed by atoms with E-state index in [1.807, 2.05) is 92.7 Å². The number of aromatic nitrogens is 1. The minimum absolute atomic E-state index is 0.0415. The minimum Gasteiger partial charge on any atom is -0.341 e. The lowest BCUT2D eigenvalue weighted by atomic mass is 9.97. The van der Waals surface area contributed by atoms with E-state index in [-0.39, 0.29) is 28.9 Å². The van der Waals surface area contributed by atoms with Crippen LogP contribution in [-0.2, 0) is 16.2 Å². The Morgan fingerprint density at radius 2 is 1.53 bits per heavy atom. The molecule has 1 unspecified atom stereocenters. The maximum absolute atomic E-state index is 13.8. The van der Waals surface area contributed by atoms with E-state index in [2.05, 4.69) is 16.6 Å². The fourth-order valence-electron chi connectivity index (χ4n) is 5.23. The molecule has 8 heteroatoms. The number of carbonyl (C=O) groups excluding carboxylic acids is 3. The standard InChI is InChI=1S/C35H31ClN2O4S/c1-5-38-32-16-10-24(34(40)28-9-7-6-8-21(28)2)19-29(32)30-20-25(11-17-33(30)38)35(41)31(37-42-23(4)39)18-22(3)43-27-14-12-26(36)13-15-27/h6-17,19-20,22H,5,18H2,1-4H3/b37-31+. The first kappa shape index (κ1) is 30.3. The van der Waals surface area contributed by atoms with Gasteiger partial charge in [0.1, 0.15) is 5.71 Å². The molecule has 5 rings (SSSR count). The van der Waals surface area contributed by atoms with E-state index in [0.29, 0.717) is 21.7 Å². The van der Waals surface area contributed by atoms with Gasteiger partial charge in [-0.1, -0.05) is 47.9 Å². The lowest BCUT2D eigenvalue weighted by Crippen LogP contribution is -2.19. The zero-order chi connectivity index (χ0) is 30.7. The molecule has 0 spiro atoms. The highest BCUT2D eigenvalue weighted by atomic mass is 35.5. The van der Waals surface area contributed by atoms with Crippen molar-refractivity contribution >= 4 is 68.4 Å². The van der Waals surface area contributed by atoms with Crippen LogP contribution < -0.4 is 0 Å². The normalized spacial score (nSPS) is 12.4. The third-order valence-corrected chi connectivity index (χ3v) is 8.64. The highest BCUT2D eigenvalue weighted by molar-refractivity contribution is 8.00. The van der Waals surface area contributed by atoms with Gasteiger partial charge in [0.25, 0.3) is 0 Å². The van der Waals surface area contributed by atoms with Gasteiger partial charge in [0.15, 0.2) is 5.78 Å². The molecule has 43 heavy (non-hydrogen) atoms. The smallest absolute Gasteiger partial charge is 0.331 e. The molecule has 4 aromatic carbocycles. The summed E-state index contributed by atoms with van der Waals surface area (Å²) in [6.07, 6.45) is 0.281. The van der Waals surface area contributed by atoms with Crippen molar-refractivity contribution in [2.24, 2.45) is 5.16 Å². The summed E-state index contributed by atoms with van der Waals surface area (Å²) in [4.78, 5) is 44.8. The lowest BCUT2D eigenvalue weighted by Gasteiger charge is -2.13. The molecule has 0 aliphatic heterocycles. The van der Waals surface area contributed by atoms with Crippen molar-refractivity contribution in [2.45, 2.75) is 50.8 Å². The van der Waals surface area contributed by atoms with E-state index < -0.39 is 5.97 Å². The summed E-state index contributed by atoms with van der Waals surface area (Å²) in [7, 11) is 0. The van der Waals surface area contributed by atoms with Gasteiger partial charge in [0.05, 0.1) is 0 Å². The van der Waals surface area contributed by atoms with Crippen molar-refractivity contribution in [3.8, 4) is 0 Å². The third kappa shape index (κ3) is 6.58. The number of fused-ring (bicyclic) bond motifs is 3. The van der Waals surface area contributed by atoms with E-state index in [0.717, 1.165) is 38.8 Å². The van der Waals surface area contributed by atoms with E-state index in [4.69, 9.17) is 16.4 Å². The van der Waals surface area contributed by atoms with E-state index in [1.54, 1.807) is 17.8 Å². The number of oxime groups is 1. The fourth-order valence-corrected chi connectivity index (χ4v) is 6.35. The average molecular weight is 611 g/mol. The molecule has 0 aliphatic rings. The zero-order valence-electron chi connectivity index (χ0n) is 24.4. The van der Waals surface area contributed by atoms with Crippen molar-refractivity contribution in [3.63, 3.8) is 0 Å². The molecular formula is C35H31ClN2O4S. The van der Waals surface area contributed by atoms with Gasteiger partial charge in [-0.05, 0) is 80.1 Å². The highest BCUT2D eigenvalue weighted by Crippen LogP contribution is 2.32. The van der Waals surface area contributed by atoms with Gasteiger partial charge >= 0.3 is 5.97 Å². The van der Waals surface area contributed by atoms with Gasteiger partial charge in [-0.2, -0.15) is 0 Å². The molecule has 5 aromatic rings. The number of rotatable bonds is 10. The van der Waals surface area contributed by atoms with Crippen molar-refractivity contribution in [2.75, 3.05) is 0 Å². The van der Waals surface area contributed by atoms with Crippen LogP contribution in [0.15, 0.2) is 95.0 Å². The molecule has 1 atom stereocenters. The van der Waals surface area contributed by atoms with Crippen LogP contribution in [0.2, 0.25) is 5.02 Å². The topological polar surface area (TPSA) is 77.7 Å². The number of halogens is 1. The van der Waals surface area contributed by atoms with Crippen molar-refractivity contribution in [1.29, 1.82) is 0 Å².